The molecule has 0 aromatic carbocycles. The van der Waals surface area contributed by atoms with Crippen molar-refractivity contribution in [2.45, 2.75) is 30.6 Å². The van der Waals surface area contributed by atoms with Gasteiger partial charge >= 0.3 is 0 Å². The third kappa shape index (κ3) is 1.60. The molecule has 0 aliphatic carbocycles. The minimum atomic E-state index is -1.10. The molecule has 86 valence electrons. The van der Waals surface area contributed by atoms with E-state index in [1.807, 2.05) is 0 Å². The van der Waals surface area contributed by atoms with Gasteiger partial charge in [-0.15, -0.1) is 0 Å². The van der Waals surface area contributed by atoms with Gasteiger partial charge in [0.2, 0.25) is 0 Å². The van der Waals surface area contributed by atoms with Crippen LogP contribution in [0.3, 0.4) is 0 Å². The third-order valence-corrected chi connectivity index (χ3v) is 3.30. The molecule has 6 nitrogen and oxygen atoms in total. The first-order valence-corrected chi connectivity index (χ1v) is 5.13. The Morgan fingerprint density at radius 2 is 2.13 bits per heavy atom. The highest BCUT2D eigenvalue weighted by molar-refractivity contribution is 7.80. The van der Waals surface area contributed by atoms with Crippen molar-refractivity contribution in [2.24, 2.45) is 0 Å². The highest BCUT2D eigenvalue weighted by Crippen LogP contribution is 2.26. The summed E-state index contributed by atoms with van der Waals surface area (Å²) in [6.07, 6.45) is -3.30. The number of thiocarbonyl (C=S) groups is 1. The van der Waals surface area contributed by atoms with Crippen LogP contribution in [0.1, 0.15) is 0 Å². The normalized spacial score (nSPS) is 45.2. The molecule has 0 aromatic heterocycles. The average Bonchev–Trinajstić information content (AvgIpc) is 2.50. The van der Waals surface area contributed by atoms with E-state index in [-0.39, 0.29) is 6.61 Å². The molecule has 7 heteroatoms. The molecule has 0 amide bonds. The Bertz CT molecular complexity index is 277. The first kappa shape index (κ1) is 11.0. The van der Waals surface area contributed by atoms with Gasteiger partial charge in [0.15, 0.2) is 11.3 Å². The van der Waals surface area contributed by atoms with Crippen LogP contribution in [-0.4, -0.2) is 69.6 Å². The molecule has 2 rings (SSSR count). The van der Waals surface area contributed by atoms with Crippen LogP contribution >= 0.6 is 12.2 Å². The summed E-state index contributed by atoms with van der Waals surface area (Å²) in [6, 6.07) is -0.444. The Labute approximate surface area is 92.4 Å². The van der Waals surface area contributed by atoms with Crippen LogP contribution in [0.2, 0.25) is 0 Å². The van der Waals surface area contributed by atoms with Gasteiger partial charge in [-0.05, 0) is 12.2 Å². The molecule has 15 heavy (non-hydrogen) atoms. The Hall–Kier alpha value is -0.470. The maximum Gasteiger partial charge on any atom is 0.171 e. The molecule has 2 aliphatic heterocycles. The second-order valence-electron chi connectivity index (χ2n) is 3.82. The lowest BCUT2D eigenvalue weighted by atomic mass is 9.97. The first-order chi connectivity index (χ1) is 7.06. The lowest BCUT2D eigenvalue weighted by molar-refractivity contribution is -0.207. The molecule has 2 heterocycles. The predicted octanol–water partition coefficient (Wildman–Crippen LogP) is -2.39. The van der Waals surface area contributed by atoms with E-state index in [0.29, 0.717) is 5.11 Å². The zero-order chi connectivity index (χ0) is 11.2. The molecule has 0 unspecified atom stereocenters. The van der Waals surface area contributed by atoms with Crippen molar-refractivity contribution in [3.05, 3.63) is 0 Å². The summed E-state index contributed by atoms with van der Waals surface area (Å²) in [4.78, 5) is 1.66. The van der Waals surface area contributed by atoms with Crippen molar-refractivity contribution in [3.8, 4) is 0 Å². The Morgan fingerprint density at radius 1 is 1.47 bits per heavy atom. The van der Waals surface area contributed by atoms with E-state index in [4.69, 9.17) is 22.1 Å². The molecular formula is C8H14N2O4S. The van der Waals surface area contributed by atoms with Crippen LogP contribution in [0, 0.1) is 0 Å². The number of nitrogens with zero attached hydrogens (tertiary/aromatic N) is 1. The third-order valence-electron chi connectivity index (χ3n) is 2.89. The maximum absolute atomic E-state index is 9.80. The van der Waals surface area contributed by atoms with E-state index >= 15 is 0 Å². The van der Waals surface area contributed by atoms with Gasteiger partial charge in [-0.2, -0.15) is 0 Å². The standard InChI is InChI=1S/C8H14N2O4S/c1-10-7-4(9-8(10)15)6(13)5(12)3(2-11)14-7/h3-7,11-13H,2H2,1H3,(H,9,15)/t3-,4+,5+,6-,7-/m0/s1. The zero-order valence-electron chi connectivity index (χ0n) is 8.20. The summed E-state index contributed by atoms with van der Waals surface area (Å²) in [5.41, 5.74) is 0. The van der Waals surface area contributed by atoms with Gasteiger partial charge in [0.25, 0.3) is 0 Å². The summed E-state index contributed by atoms with van der Waals surface area (Å²) in [7, 11) is 1.73. The predicted molar refractivity (Wildman–Crippen MR) is 55.0 cm³/mol. The summed E-state index contributed by atoms with van der Waals surface area (Å²) < 4.78 is 5.44. The summed E-state index contributed by atoms with van der Waals surface area (Å²) in [5, 5.41) is 31.7. The first-order valence-electron chi connectivity index (χ1n) is 4.72. The van der Waals surface area contributed by atoms with Crippen molar-refractivity contribution in [3.63, 3.8) is 0 Å². The Kier molecular flexibility index (Phi) is 2.82. The molecule has 0 bridgehead atoms. The molecule has 5 atom stereocenters. The van der Waals surface area contributed by atoms with Crippen LogP contribution in [0.25, 0.3) is 0 Å². The number of hydrogen-bond donors (Lipinski definition) is 4. The number of fused-ring (bicyclic) bond motifs is 1. The van der Waals surface area contributed by atoms with Crippen LogP contribution in [-0.2, 0) is 4.74 Å². The molecule has 4 N–H and O–H groups in total. The van der Waals surface area contributed by atoms with E-state index in [0.717, 1.165) is 0 Å². The number of likely N-dealkylation sites (N-methyl/N-ethyl adjacent to an activating group) is 1. The molecule has 2 fully saturated rings. The SMILES string of the molecule is CN1C(=S)N[C@@H]2[C@H](O)[C@H](O)[C@H](CO)O[C@@H]21. The molecule has 0 aromatic rings. The van der Waals surface area contributed by atoms with Gasteiger partial charge in [0.1, 0.15) is 24.4 Å². The van der Waals surface area contributed by atoms with Crippen LogP contribution in [0.15, 0.2) is 0 Å². The molecule has 2 saturated heterocycles. The fourth-order valence-corrected chi connectivity index (χ4v) is 2.19. The summed E-state index contributed by atoms with van der Waals surface area (Å²) in [5.74, 6) is 0. The number of aliphatic hydroxyl groups excluding tert-OH is 3. The number of ether oxygens (including phenoxy) is 1. The Balaban J connectivity index is 2.19. The highest BCUT2D eigenvalue weighted by Gasteiger charge is 2.50. The van der Waals surface area contributed by atoms with Gasteiger partial charge in [-0.25, -0.2) is 0 Å². The maximum atomic E-state index is 9.80. The highest BCUT2D eigenvalue weighted by atomic mass is 32.1. The minimum absolute atomic E-state index is 0.331. The lowest BCUT2D eigenvalue weighted by Crippen LogP contribution is -2.61. The van der Waals surface area contributed by atoms with E-state index in [2.05, 4.69) is 5.32 Å². The van der Waals surface area contributed by atoms with Crippen molar-refractivity contribution in [2.75, 3.05) is 13.7 Å². The number of aliphatic hydroxyl groups is 3. The van der Waals surface area contributed by atoms with Crippen LogP contribution in [0.5, 0.6) is 0 Å². The van der Waals surface area contributed by atoms with E-state index in [1.165, 1.54) is 0 Å². The van der Waals surface area contributed by atoms with Gasteiger partial charge < -0.3 is 30.3 Å². The smallest absolute Gasteiger partial charge is 0.171 e. The van der Waals surface area contributed by atoms with Crippen molar-refractivity contribution >= 4 is 17.3 Å². The molecule has 0 spiro atoms. The summed E-state index contributed by atoms with van der Waals surface area (Å²) >= 11 is 5.00. The largest absolute Gasteiger partial charge is 0.394 e. The molecule has 0 saturated carbocycles. The number of nitrogens with one attached hydrogen (secondary N) is 1. The van der Waals surface area contributed by atoms with E-state index in [1.54, 1.807) is 11.9 Å². The summed E-state index contributed by atoms with van der Waals surface area (Å²) in [6.45, 7) is -0.331. The van der Waals surface area contributed by atoms with Gasteiger partial charge in [0, 0.05) is 7.05 Å². The monoisotopic (exact) mass is 234 g/mol. The second kappa shape index (κ2) is 3.84. The fraction of sp³-hybridized carbons (Fsp3) is 0.875. The number of rotatable bonds is 1. The van der Waals surface area contributed by atoms with Gasteiger partial charge in [-0.1, -0.05) is 0 Å². The molecule has 2 aliphatic rings. The Morgan fingerprint density at radius 3 is 2.73 bits per heavy atom. The molecular weight excluding hydrogens is 220 g/mol. The van der Waals surface area contributed by atoms with Gasteiger partial charge in [0.05, 0.1) is 6.61 Å². The quantitative estimate of drug-likeness (QED) is 0.377. The molecule has 0 radical (unpaired) electrons. The lowest BCUT2D eigenvalue weighted by Gasteiger charge is -2.39. The van der Waals surface area contributed by atoms with Crippen LogP contribution in [0.4, 0.5) is 0 Å². The van der Waals surface area contributed by atoms with Crippen LogP contribution < -0.4 is 5.32 Å². The van der Waals surface area contributed by atoms with Crippen molar-refractivity contribution in [1.82, 2.24) is 10.2 Å². The van der Waals surface area contributed by atoms with E-state index < -0.39 is 30.6 Å². The van der Waals surface area contributed by atoms with Gasteiger partial charge in [-0.3, -0.25) is 0 Å². The fourth-order valence-electron chi connectivity index (χ4n) is 1.95. The topological polar surface area (TPSA) is 85.2 Å². The van der Waals surface area contributed by atoms with Crippen molar-refractivity contribution < 1.29 is 20.1 Å². The average molecular weight is 234 g/mol. The second-order valence-corrected chi connectivity index (χ2v) is 4.20. The van der Waals surface area contributed by atoms with Crippen molar-refractivity contribution in [1.29, 1.82) is 0 Å². The minimum Gasteiger partial charge on any atom is -0.394 e. The number of hydrogen-bond acceptors (Lipinski definition) is 5. The van der Waals surface area contributed by atoms with E-state index in [9.17, 15) is 10.2 Å². The zero-order valence-corrected chi connectivity index (χ0v) is 9.02.